The lowest BCUT2D eigenvalue weighted by Gasteiger charge is -2.72. The number of carbonyl (C=O) groups is 2. The molecule has 5 heteroatoms. The second-order valence-electron chi connectivity index (χ2n) is 7.56. The highest BCUT2D eigenvalue weighted by Gasteiger charge is 2.71. The molecule has 3 saturated carbocycles. The Morgan fingerprint density at radius 2 is 1.85 bits per heavy atom. The van der Waals surface area contributed by atoms with Gasteiger partial charge in [0.05, 0.1) is 0 Å². The van der Waals surface area contributed by atoms with E-state index in [9.17, 15) is 14.7 Å². The number of alkyl carbamates (subject to hydrolysis) is 1. The van der Waals surface area contributed by atoms with Crippen molar-refractivity contribution in [3.63, 3.8) is 0 Å². The van der Waals surface area contributed by atoms with E-state index < -0.39 is 23.7 Å². The van der Waals surface area contributed by atoms with Crippen LogP contribution in [0.2, 0.25) is 0 Å². The lowest BCUT2D eigenvalue weighted by atomic mass is 9.32. The molecule has 5 nitrogen and oxygen atoms in total. The van der Waals surface area contributed by atoms with Gasteiger partial charge in [-0.1, -0.05) is 13.3 Å². The number of carbonyl (C=O) groups excluding carboxylic acids is 1. The highest BCUT2D eigenvalue weighted by molar-refractivity contribution is 5.81. The van der Waals surface area contributed by atoms with Crippen molar-refractivity contribution in [3.8, 4) is 0 Å². The van der Waals surface area contributed by atoms with Gasteiger partial charge >= 0.3 is 12.1 Å². The van der Waals surface area contributed by atoms with Gasteiger partial charge in [-0.05, 0) is 51.9 Å². The fraction of sp³-hybridized carbons (Fsp3) is 0.867. The summed E-state index contributed by atoms with van der Waals surface area (Å²) >= 11 is 0. The van der Waals surface area contributed by atoms with Gasteiger partial charge in [-0.3, -0.25) is 0 Å². The molecule has 0 aromatic rings. The van der Waals surface area contributed by atoms with E-state index in [1.54, 1.807) is 20.8 Å². The van der Waals surface area contributed by atoms with Gasteiger partial charge in [-0.25, -0.2) is 9.59 Å². The van der Waals surface area contributed by atoms with E-state index in [0.717, 1.165) is 32.1 Å². The predicted octanol–water partition coefficient (Wildman–Crippen LogP) is 2.93. The lowest BCUT2D eigenvalue weighted by molar-refractivity contribution is -0.227. The summed E-state index contributed by atoms with van der Waals surface area (Å²) < 4.78 is 5.16. The number of amides is 1. The predicted molar refractivity (Wildman–Crippen MR) is 74.4 cm³/mol. The Hall–Kier alpha value is -1.26. The van der Waals surface area contributed by atoms with Crippen LogP contribution in [0.15, 0.2) is 0 Å². The molecule has 3 aliphatic carbocycles. The van der Waals surface area contributed by atoms with Crippen molar-refractivity contribution < 1.29 is 19.4 Å². The standard InChI is InChI=1S/C15H25NO4/c1-5-6-14-7-15(8-14,9-14)10(11(17)18)16-12(19)20-13(2,3)4/h10H,5-9H2,1-4H3,(H,16,19)(H,17,18). The van der Waals surface area contributed by atoms with Gasteiger partial charge in [0, 0.05) is 5.41 Å². The second kappa shape index (κ2) is 4.64. The summed E-state index contributed by atoms with van der Waals surface area (Å²) in [7, 11) is 0. The largest absolute Gasteiger partial charge is 0.480 e. The molecule has 0 aromatic carbocycles. The fourth-order valence-electron chi connectivity index (χ4n) is 4.09. The van der Waals surface area contributed by atoms with Gasteiger partial charge < -0.3 is 15.2 Å². The number of ether oxygens (including phenoxy) is 1. The minimum absolute atomic E-state index is 0.238. The molecule has 2 N–H and O–H groups in total. The summed E-state index contributed by atoms with van der Waals surface area (Å²) in [6.45, 7) is 7.44. The molecule has 1 unspecified atom stereocenters. The van der Waals surface area contributed by atoms with Crippen molar-refractivity contribution >= 4 is 12.1 Å². The van der Waals surface area contributed by atoms with E-state index in [1.165, 1.54) is 0 Å². The molecule has 0 aromatic heterocycles. The van der Waals surface area contributed by atoms with E-state index >= 15 is 0 Å². The normalized spacial score (nSPS) is 32.6. The average molecular weight is 283 g/mol. The molecule has 0 heterocycles. The molecule has 20 heavy (non-hydrogen) atoms. The van der Waals surface area contributed by atoms with Crippen molar-refractivity contribution in [1.82, 2.24) is 5.32 Å². The van der Waals surface area contributed by atoms with E-state index in [0.29, 0.717) is 5.41 Å². The van der Waals surface area contributed by atoms with Gasteiger partial charge in [0.2, 0.25) is 0 Å². The van der Waals surface area contributed by atoms with Gasteiger partial charge in [0.1, 0.15) is 11.6 Å². The van der Waals surface area contributed by atoms with Crippen LogP contribution in [-0.2, 0) is 9.53 Å². The van der Waals surface area contributed by atoms with E-state index in [4.69, 9.17) is 4.74 Å². The van der Waals surface area contributed by atoms with Crippen LogP contribution in [0.25, 0.3) is 0 Å². The van der Waals surface area contributed by atoms with Crippen LogP contribution in [0.4, 0.5) is 4.79 Å². The third-order valence-corrected chi connectivity index (χ3v) is 4.48. The monoisotopic (exact) mass is 283 g/mol. The number of carboxylic acid groups (broad SMARTS) is 1. The van der Waals surface area contributed by atoms with Crippen molar-refractivity contribution in [2.24, 2.45) is 10.8 Å². The van der Waals surface area contributed by atoms with Gasteiger partial charge in [0.25, 0.3) is 0 Å². The number of carboxylic acids is 1. The second-order valence-corrected chi connectivity index (χ2v) is 7.56. The Balaban J connectivity index is 1.94. The van der Waals surface area contributed by atoms with E-state index in [2.05, 4.69) is 12.2 Å². The first-order valence-electron chi connectivity index (χ1n) is 7.34. The quantitative estimate of drug-likeness (QED) is 0.813. The molecule has 3 fully saturated rings. The summed E-state index contributed by atoms with van der Waals surface area (Å²) in [6, 6.07) is -0.823. The molecular weight excluding hydrogens is 258 g/mol. The fourth-order valence-corrected chi connectivity index (χ4v) is 4.09. The van der Waals surface area contributed by atoms with E-state index in [1.807, 2.05) is 0 Å². The third-order valence-electron chi connectivity index (χ3n) is 4.48. The summed E-state index contributed by atoms with van der Waals surface area (Å²) in [6.07, 6.45) is 4.40. The maximum Gasteiger partial charge on any atom is 0.408 e. The lowest BCUT2D eigenvalue weighted by Crippen LogP contribution is -2.71. The van der Waals surface area contributed by atoms with E-state index in [-0.39, 0.29) is 5.41 Å². The zero-order valence-corrected chi connectivity index (χ0v) is 12.8. The molecule has 1 amide bonds. The number of hydrogen-bond donors (Lipinski definition) is 2. The molecule has 0 radical (unpaired) electrons. The van der Waals surface area contributed by atoms with Crippen molar-refractivity contribution in [2.75, 3.05) is 0 Å². The molecule has 0 spiro atoms. The SMILES string of the molecule is CCCC12CC(C(NC(=O)OC(C)(C)C)C(=O)O)(C1)C2. The molecule has 1 atom stereocenters. The minimum atomic E-state index is -0.958. The first kappa shape index (κ1) is 15.1. The minimum Gasteiger partial charge on any atom is -0.480 e. The number of nitrogens with one attached hydrogen (secondary N) is 1. The first-order valence-corrected chi connectivity index (χ1v) is 7.34. The maximum absolute atomic E-state index is 11.8. The zero-order valence-electron chi connectivity index (χ0n) is 12.8. The Bertz CT molecular complexity index is 404. The Kier molecular flexibility index (Phi) is 3.51. The van der Waals surface area contributed by atoms with Crippen LogP contribution in [-0.4, -0.2) is 28.8 Å². The van der Waals surface area contributed by atoms with Crippen LogP contribution in [0.5, 0.6) is 0 Å². The molecule has 114 valence electrons. The summed E-state index contributed by atoms with van der Waals surface area (Å²) in [5.74, 6) is -0.958. The first-order chi connectivity index (χ1) is 9.11. The highest BCUT2D eigenvalue weighted by atomic mass is 16.6. The van der Waals surface area contributed by atoms with Crippen molar-refractivity contribution in [1.29, 1.82) is 0 Å². The molecule has 0 saturated heterocycles. The van der Waals surface area contributed by atoms with Crippen LogP contribution in [0, 0.1) is 10.8 Å². The molecule has 2 bridgehead atoms. The Morgan fingerprint density at radius 1 is 1.30 bits per heavy atom. The van der Waals surface area contributed by atoms with Crippen molar-refractivity contribution in [2.45, 2.75) is 71.4 Å². The number of aliphatic carboxylic acids is 1. The summed E-state index contributed by atoms with van der Waals surface area (Å²) in [4.78, 5) is 23.2. The zero-order chi connectivity index (χ0) is 15.2. The van der Waals surface area contributed by atoms with Gasteiger partial charge in [0.15, 0.2) is 0 Å². The maximum atomic E-state index is 11.8. The Morgan fingerprint density at radius 3 is 2.25 bits per heavy atom. The molecule has 0 aliphatic heterocycles. The van der Waals surface area contributed by atoms with Crippen LogP contribution >= 0.6 is 0 Å². The van der Waals surface area contributed by atoms with Crippen LogP contribution in [0.3, 0.4) is 0 Å². The molecule has 3 aliphatic rings. The molecular formula is C15H25NO4. The van der Waals surface area contributed by atoms with Gasteiger partial charge in [-0.15, -0.1) is 0 Å². The summed E-state index contributed by atoms with van der Waals surface area (Å²) in [5.41, 5.74) is -0.494. The topological polar surface area (TPSA) is 75.6 Å². The number of hydrogen-bond acceptors (Lipinski definition) is 3. The Labute approximate surface area is 120 Å². The number of rotatable bonds is 5. The van der Waals surface area contributed by atoms with Crippen LogP contribution in [0.1, 0.15) is 59.8 Å². The van der Waals surface area contributed by atoms with Crippen molar-refractivity contribution in [3.05, 3.63) is 0 Å². The molecule has 3 rings (SSSR count). The third kappa shape index (κ3) is 2.63. The average Bonchev–Trinajstić information content (AvgIpc) is 2.15. The van der Waals surface area contributed by atoms with Crippen LogP contribution < -0.4 is 5.32 Å². The smallest absolute Gasteiger partial charge is 0.408 e. The highest BCUT2D eigenvalue weighted by Crippen LogP contribution is 2.76. The summed E-state index contributed by atoms with van der Waals surface area (Å²) in [5, 5.41) is 11.9. The van der Waals surface area contributed by atoms with Gasteiger partial charge in [-0.2, -0.15) is 0 Å².